The van der Waals surface area contributed by atoms with Gasteiger partial charge in [-0.15, -0.1) is 0 Å². The number of ether oxygens (including phenoxy) is 1. The van der Waals surface area contributed by atoms with E-state index in [4.69, 9.17) is 16.3 Å². The molecule has 0 saturated carbocycles. The normalized spacial score (nSPS) is 12.0. The molecule has 1 unspecified atom stereocenters. The zero-order chi connectivity index (χ0) is 32.6. The average Bonchev–Trinajstić information content (AvgIpc) is 3.01. The Morgan fingerprint density at radius 1 is 0.844 bits per heavy atom. The number of para-hydroxylation sites is 1. The molecule has 1 atom stereocenters. The van der Waals surface area contributed by atoms with Crippen molar-refractivity contribution < 1.29 is 22.7 Å². The molecule has 4 aromatic carbocycles. The molecular formula is C35H38ClN3O5S. The fourth-order valence-electron chi connectivity index (χ4n) is 4.78. The number of carbonyl (C=O) groups is 2. The second kappa shape index (κ2) is 15.1. The van der Waals surface area contributed by atoms with Crippen LogP contribution in [0.5, 0.6) is 11.5 Å². The maximum absolute atomic E-state index is 14.2. The molecular weight excluding hydrogens is 610 g/mol. The third kappa shape index (κ3) is 8.65. The number of aryl methyl sites for hydroxylation is 1. The Hall–Kier alpha value is -4.34. The van der Waals surface area contributed by atoms with Crippen LogP contribution in [0.2, 0.25) is 5.02 Å². The largest absolute Gasteiger partial charge is 0.457 e. The summed E-state index contributed by atoms with van der Waals surface area (Å²) in [6.07, 6.45) is 0.310. The van der Waals surface area contributed by atoms with Crippen molar-refractivity contribution in [2.75, 3.05) is 10.8 Å². The van der Waals surface area contributed by atoms with Gasteiger partial charge in [0.15, 0.2) is 0 Å². The van der Waals surface area contributed by atoms with Crippen molar-refractivity contribution in [3.8, 4) is 11.5 Å². The average molecular weight is 648 g/mol. The number of hydrogen-bond donors (Lipinski definition) is 1. The van der Waals surface area contributed by atoms with E-state index in [0.717, 1.165) is 9.87 Å². The van der Waals surface area contributed by atoms with Crippen molar-refractivity contribution in [2.24, 2.45) is 0 Å². The van der Waals surface area contributed by atoms with Crippen LogP contribution in [0.25, 0.3) is 0 Å². The van der Waals surface area contributed by atoms with Gasteiger partial charge in [-0.25, -0.2) is 8.42 Å². The highest BCUT2D eigenvalue weighted by Crippen LogP contribution is 2.29. The topological polar surface area (TPSA) is 96.0 Å². The van der Waals surface area contributed by atoms with Gasteiger partial charge >= 0.3 is 0 Å². The van der Waals surface area contributed by atoms with Crippen LogP contribution in [-0.2, 0) is 26.2 Å². The molecule has 0 aliphatic heterocycles. The zero-order valence-electron chi connectivity index (χ0n) is 25.8. The van der Waals surface area contributed by atoms with Crippen molar-refractivity contribution in [1.29, 1.82) is 0 Å². The van der Waals surface area contributed by atoms with Crippen molar-refractivity contribution in [2.45, 2.75) is 57.6 Å². The van der Waals surface area contributed by atoms with E-state index < -0.39 is 28.5 Å². The van der Waals surface area contributed by atoms with Gasteiger partial charge in [-0.3, -0.25) is 13.9 Å². The standard InChI is InChI=1S/C35H38ClN3O5S/c1-5-33(35(41)37-25(2)3)38(23-27-11-9-10-14-32(27)36)34(40)24-39(45(42,43)31-21-15-26(4)16-22-31)28-17-19-30(20-18-28)44-29-12-7-6-8-13-29/h6-22,25,33H,5,23-24H2,1-4H3,(H,37,41). The quantitative estimate of drug-likeness (QED) is 0.169. The van der Waals surface area contributed by atoms with E-state index in [1.165, 1.54) is 17.0 Å². The summed E-state index contributed by atoms with van der Waals surface area (Å²) in [4.78, 5) is 29.0. The Bertz CT molecular complexity index is 1700. The highest BCUT2D eigenvalue weighted by atomic mass is 35.5. The van der Waals surface area contributed by atoms with Crippen molar-refractivity contribution >= 4 is 39.1 Å². The van der Waals surface area contributed by atoms with Crippen LogP contribution in [0.15, 0.2) is 108 Å². The van der Waals surface area contributed by atoms with E-state index in [9.17, 15) is 18.0 Å². The summed E-state index contributed by atoms with van der Waals surface area (Å²) in [6, 6.07) is 28.2. The summed E-state index contributed by atoms with van der Waals surface area (Å²) in [7, 11) is -4.21. The van der Waals surface area contributed by atoms with Gasteiger partial charge in [0.2, 0.25) is 11.8 Å². The van der Waals surface area contributed by atoms with Crippen molar-refractivity contribution in [3.63, 3.8) is 0 Å². The van der Waals surface area contributed by atoms with E-state index in [2.05, 4.69) is 5.32 Å². The Kier molecular flexibility index (Phi) is 11.3. The van der Waals surface area contributed by atoms with Gasteiger partial charge in [0.1, 0.15) is 24.1 Å². The summed E-state index contributed by atoms with van der Waals surface area (Å²) in [5.74, 6) is 0.245. The second-order valence-corrected chi connectivity index (χ2v) is 13.2. The number of hydrogen-bond acceptors (Lipinski definition) is 5. The third-order valence-electron chi connectivity index (χ3n) is 7.11. The molecule has 0 aromatic heterocycles. The Balaban J connectivity index is 1.74. The Morgan fingerprint density at radius 2 is 1.44 bits per heavy atom. The number of benzene rings is 4. The van der Waals surface area contributed by atoms with E-state index in [-0.39, 0.29) is 29.1 Å². The van der Waals surface area contributed by atoms with Crippen LogP contribution in [-0.4, -0.2) is 43.8 Å². The predicted molar refractivity (Wildman–Crippen MR) is 178 cm³/mol. The maximum atomic E-state index is 14.2. The molecule has 4 aromatic rings. The first-order chi connectivity index (χ1) is 21.5. The van der Waals surface area contributed by atoms with Crippen LogP contribution in [0.1, 0.15) is 38.3 Å². The zero-order valence-corrected chi connectivity index (χ0v) is 27.4. The summed E-state index contributed by atoms with van der Waals surface area (Å²) in [6.45, 7) is 6.82. The van der Waals surface area contributed by atoms with Crippen molar-refractivity contribution in [1.82, 2.24) is 10.2 Å². The summed E-state index contributed by atoms with van der Waals surface area (Å²) >= 11 is 6.47. The van der Waals surface area contributed by atoms with Gasteiger partial charge in [-0.2, -0.15) is 0 Å². The van der Waals surface area contributed by atoms with E-state index >= 15 is 0 Å². The molecule has 0 aliphatic carbocycles. The summed E-state index contributed by atoms with van der Waals surface area (Å²) < 4.78 is 35.2. The molecule has 0 saturated heterocycles. The predicted octanol–water partition coefficient (Wildman–Crippen LogP) is 6.97. The van der Waals surface area contributed by atoms with Gasteiger partial charge in [0, 0.05) is 17.6 Å². The van der Waals surface area contributed by atoms with Gasteiger partial charge in [-0.05, 0) is 87.4 Å². The van der Waals surface area contributed by atoms with Crippen LogP contribution < -0.4 is 14.4 Å². The molecule has 45 heavy (non-hydrogen) atoms. The van der Waals surface area contributed by atoms with Gasteiger partial charge in [-0.1, -0.05) is 72.6 Å². The molecule has 236 valence electrons. The van der Waals surface area contributed by atoms with Crippen LogP contribution in [0, 0.1) is 6.92 Å². The molecule has 4 rings (SSSR count). The Labute approximate surface area is 270 Å². The molecule has 2 amide bonds. The SMILES string of the molecule is CCC(C(=O)NC(C)C)N(Cc1ccccc1Cl)C(=O)CN(c1ccc(Oc2ccccc2)cc1)S(=O)(=O)c1ccc(C)cc1. The number of rotatable bonds is 13. The van der Waals surface area contributed by atoms with E-state index in [1.807, 2.05) is 58.0 Å². The molecule has 0 aliphatic rings. The second-order valence-electron chi connectivity index (χ2n) is 10.9. The first-order valence-electron chi connectivity index (χ1n) is 14.7. The highest BCUT2D eigenvalue weighted by molar-refractivity contribution is 7.92. The van der Waals surface area contributed by atoms with Gasteiger partial charge in [0.05, 0.1) is 10.6 Å². The minimum Gasteiger partial charge on any atom is -0.457 e. The minimum absolute atomic E-state index is 0.0187. The van der Waals surface area contributed by atoms with Crippen LogP contribution >= 0.6 is 11.6 Å². The molecule has 10 heteroatoms. The fraction of sp³-hybridized carbons (Fsp3) is 0.257. The summed E-state index contributed by atoms with van der Waals surface area (Å²) in [5, 5.41) is 3.33. The maximum Gasteiger partial charge on any atom is 0.264 e. The fourth-order valence-corrected chi connectivity index (χ4v) is 6.39. The molecule has 0 radical (unpaired) electrons. The third-order valence-corrected chi connectivity index (χ3v) is 9.26. The first kappa shape index (κ1) is 33.6. The highest BCUT2D eigenvalue weighted by Gasteiger charge is 2.34. The number of anilines is 1. The number of amides is 2. The monoisotopic (exact) mass is 647 g/mol. The number of carbonyl (C=O) groups excluding carboxylic acids is 2. The minimum atomic E-state index is -4.21. The molecule has 0 fully saturated rings. The molecule has 0 bridgehead atoms. The van der Waals surface area contributed by atoms with E-state index in [0.29, 0.717) is 28.5 Å². The number of sulfonamides is 1. The lowest BCUT2D eigenvalue weighted by molar-refractivity contribution is -0.140. The smallest absolute Gasteiger partial charge is 0.264 e. The van der Waals surface area contributed by atoms with Gasteiger partial charge < -0.3 is 15.0 Å². The molecule has 0 spiro atoms. The lowest BCUT2D eigenvalue weighted by atomic mass is 10.1. The number of nitrogens with zero attached hydrogens (tertiary/aromatic N) is 2. The van der Waals surface area contributed by atoms with Crippen molar-refractivity contribution in [3.05, 3.63) is 119 Å². The van der Waals surface area contributed by atoms with E-state index in [1.54, 1.807) is 60.7 Å². The Morgan fingerprint density at radius 3 is 2.04 bits per heavy atom. The van der Waals surface area contributed by atoms with Crippen LogP contribution in [0.4, 0.5) is 5.69 Å². The molecule has 1 N–H and O–H groups in total. The lowest BCUT2D eigenvalue weighted by Crippen LogP contribution is -2.53. The first-order valence-corrected chi connectivity index (χ1v) is 16.6. The summed E-state index contributed by atoms with van der Waals surface area (Å²) in [5.41, 5.74) is 1.80. The molecule has 0 heterocycles. The lowest BCUT2D eigenvalue weighted by Gasteiger charge is -2.33. The molecule has 8 nitrogen and oxygen atoms in total. The number of nitrogens with one attached hydrogen (secondary N) is 1. The van der Waals surface area contributed by atoms with Gasteiger partial charge in [0.25, 0.3) is 10.0 Å². The van der Waals surface area contributed by atoms with Crippen LogP contribution in [0.3, 0.4) is 0 Å². The number of halogens is 1.